The summed E-state index contributed by atoms with van der Waals surface area (Å²) in [5.74, 6) is 0. The second-order valence-corrected chi connectivity index (χ2v) is 3.73. The van der Waals surface area contributed by atoms with E-state index in [0.717, 1.165) is 11.3 Å². The van der Waals surface area contributed by atoms with Crippen molar-refractivity contribution in [2.45, 2.75) is 19.4 Å². The van der Waals surface area contributed by atoms with E-state index in [1.807, 2.05) is 19.1 Å². The van der Waals surface area contributed by atoms with Gasteiger partial charge in [0.2, 0.25) is 0 Å². The first-order valence-corrected chi connectivity index (χ1v) is 4.28. The molecule has 0 unspecified atom stereocenters. The zero-order valence-corrected chi connectivity index (χ0v) is 7.19. The van der Waals surface area contributed by atoms with Gasteiger partial charge in [-0.25, -0.2) is 0 Å². The number of hydrogen-bond acceptors (Lipinski definition) is 3. The molecule has 2 nitrogen and oxygen atoms in total. The maximum atomic E-state index is 8.51. The van der Waals surface area contributed by atoms with Crippen LogP contribution in [0, 0.1) is 11.3 Å². The van der Waals surface area contributed by atoms with Crippen LogP contribution in [0.1, 0.15) is 16.7 Å². The standard InChI is InChI=1S/C8H10N2S/c1-6(10)4-7-2-3-8(5-9)11-7/h2-3,6H,4,10H2,1H3/t6-/m1/s1. The van der Waals surface area contributed by atoms with Gasteiger partial charge in [0, 0.05) is 10.9 Å². The topological polar surface area (TPSA) is 49.8 Å². The van der Waals surface area contributed by atoms with Crippen molar-refractivity contribution in [3.05, 3.63) is 21.9 Å². The minimum atomic E-state index is 0.181. The predicted molar refractivity (Wildman–Crippen MR) is 46.4 cm³/mol. The van der Waals surface area contributed by atoms with Gasteiger partial charge in [-0.1, -0.05) is 0 Å². The summed E-state index contributed by atoms with van der Waals surface area (Å²) >= 11 is 1.52. The molecule has 1 aromatic heterocycles. The second kappa shape index (κ2) is 3.51. The van der Waals surface area contributed by atoms with Crippen LogP contribution in [0.15, 0.2) is 12.1 Å². The van der Waals surface area contributed by atoms with Gasteiger partial charge < -0.3 is 5.73 Å². The van der Waals surface area contributed by atoms with Crippen LogP contribution in [0.3, 0.4) is 0 Å². The van der Waals surface area contributed by atoms with Gasteiger partial charge in [-0.3, -0.25) is 0 Å². The summed E-state index contributed by atoms with van der Waals surface area (Å²) in [6, 6.07) is 6.08. The SMILES string of the molecule is C[C@@H](N)Cc1ccc(C#N)s1. The van der Waals surface area contributed by atoms with E-state index in [2.05, 4.69) is 6.07 Å². The Morgan fingerprint density at radius 2 is 2.45 bits per heavy atom. The van der Waals surface area contributed by atoms with E-state index in [-0.39, 0.29) is 6.04 Å². The molecular formula is C8H10N2S. The molecule has 0 radical (unpaired) electrons. The number of nitrogens with zero attached hydrogens (tertiary/aromatic N) is 1. The molecule has 1 heterocycles. The fourth-order valence-corrected chi connectivity index (χ4v) is 1.81. The van der Waals surface area contributed by atoms with Gasteiger partial charge >= 0.3 is 0 Å². The molecule has 2 N–H and O–H groups in total. The van der Waals surface area contributed by atoms with E-state index in [4.69, 9.17) is 11.0 Å². The molecular weight excluding hydrogens is 156 g/mol. The third kappa shape index (κ3) is 2.34. The lowest BCUT2D eigenvalue weighted by Crippen LogP contribution is -2.16. The summed E-state index contributed by atoms with van der Waals surface area (Å²) in [6.07, 6.45) is 0.867. The molecule has 58 valence electrons. The van der Waals surface area contributed by atoms with Crippen molar-refractivity contribution in [2.24, 2.45) is 5.73 Å². The smallest absolute Gasteiger partial charge is 0.110 e. The van der Waals surface area contributed by atoms with Crippen LogP contribution in [0.4, 0.5) is 0 Å². The van der Waals surface area contributed by atoms with Crippen molar-refractivity contribution in [3.63, 3.8) is 0 Å². The van der Waals surface area contributed by atoms with Crippen molar-refractivity contribution in [2.75, 3.05) is 0 Å². The number of nitrogens with two attached hydrogens (primary N) is 1. The van der Waals surface area contributed by atoms with Gasteiger partial charge in [-0.15, -0.1) is 11.3 Å². The molecule has 0 saturated heterocycles. The highest BCUT2D eigenvalue weighted by molar-refractivity contribution is 7.12. The molecule has 1 atom stereocenters. The number of thiophene rings is 1. The van der Waals surface area contributed by atoms with Gasteiger partial charge in [0.1, 0.15) is 10.9 Å². The Kier molecular flexibility index (Phi) is 2.64. The zero-order chi connectivity index (χ0) is 8.27. The Balaban J connectivity index is 2.67. The van der Waals surface area contributed by atoms with Gasteiger partial charge in [0.05, 0.1) is 0 Å². The second-order valence-electron chi connectivity index (χ2n) is 2.56. The quantitative estimate of drug-likeness (QED) is 0.724. The highest BCUT2D eigenvalue weighted by Crippen LogP contribution is 2.16. The summed E-state index contributed by atoms with van der Waals surface area (Å²) in [6.45, 7) is 1.96. The number of rotatable bonds is 2. The molecule has 0 spiro atoms. The fourth-order valence-electron chi connectivity index (χ4n) is 0.865. The summed E-state index contributed by atoms with van der Waals surface area (Å²) in [4.78, 5) is 1.96. The Labute approximate surface area is 70.3 Å². The van der Waals surface area contributed by atoms with Crippen LogP contribution in [0.5, 0.6) is 0 Å². The lowest BCUT2D eigenvalue weighted by atomic mass is 10.2. The van der Waals surface area contributed by atoms with Gasteiger partial charge in [-0.2, -0.15) is 5.26 Å². The third-order valence-corrected chi connectivity index (χ3v) is 2.31. The van der Waals surface area contributed by atoms with Crippen molar-refractivity contribution in [3.8, 4) is 6.07 Å². The van der Waals surface area contributed by atoms with Crippen LogP contribution < -0.4 is 5.73 Å². The van der Waals surface area contributed by atoms with Crippen molar-refractivity contribution < 1.29 is 0 Å². The molecule has 0 aliphatic carbocycles. The summed E-state index contributed by atoms with van der Waals surface area (Å²) < 4.78 is 0. The van der Waals surface area contributed by atoms with Crippen molar-refractivity contribution in [1.82, 2.24) is 0 Å². The molecule has 0 aliphatic heterocycles. The predicted octanol–water partition coefficient (Wildman–Crippen LogP) is 1.51. The minimum Gasteiger partial charge on any atom is -0.328 e. The van der Waals surface area contributed by atoms with E-state index in [1.54, 1.807) is 0 Å². The van der Waals surface area contributed by atoms with E-state index in [9.17, 15) is 0 Å². The van der Waals surface area contributed by atoms with Crippen LogP contribution in [-0.4, -0.2) is 6.04 Å². The molecule has 3 heteroatoms. The Bertz CT molecular complexity index is 270. The lowest BCUT2D eigenvalue weighted by Gasteiger charge is -1.99. The van der Waals surface area contributed by atoms with Crippen LogP contribution in [0.25, 0.3) is 0 Å². The highest BCUT2D eigenvalue weighted by Gasteiger charge is 2.01. The average Bonchev–Trinajstić information content (AvgIpc) is 2.34. The Morgan fingerprint density at radius 3 is 2.91 bits per heavy atom. The average molecular weight is 166 g/mol. The molecule has 1 rings (SSSR count). The lowest BCUT2D eigenvalue weighted by molar-refractivity contribution is 0.746. The maximum absolute atomic E-state index is 8.51. The first-order chi connectivity index (χ1) is 5.22. The number of hydrogen-bond donors (Lipinski definition) is 1. The molecule has 0 aliphatic rings. The monoisotopic (exact) mass is 166 g/mol. The first-order valence-electron chi connectivity index (χ1n) is 3.47. The van der Waals surface area contributed by atoms with E-state index < -0.39 is 0 Å². The van der Waals surface area contributed by atoms with E-state index in [0.29, 0.717) is 0 Å². The van der Waals surface area contributed by atoms with Crippen LogP contribution >= 0.6 is 11.3 Å². The summed E-state index contributed by atoms with van der Waals surface area (Å²) in [7, 11) is 0. The third-order valence-electron chi connectivity index (χ3n) is 1.30. The van der Waals surface area contributed by atoms with Gasteiger partial charge in [0.25, 0.3) is 0 Å². The summed E-state index contributed by atoms with van der Waals surface area (Å²) in [5, 5.41) is 8.51. The highest BCUT2D eigenvalue weighted by atomic mass is 32.1. The minimum absolute atomic E-state index is 0.181. The van der Waals surface area contributed by atoms with Crippen molar-refractivity contribution >= 4 is 11.3 Å². The number of nitriles is 1. The fraction of sp³-hybridized carbons (Fsp3) is 0.375. The Morgan fingerprint density at radius 1 is 1.73 bits per heavy atom. The molecule has 0 bridgehead atoms. The van der Waals surface area contributed by atoms with Crippen LogP contribution in [0.2, 0.25) is 0 Å². The molecule has 1 aromatic rings. The Hall–Kier alpha value is -0.850. The van der Waals surface area contributed by atoms with E-state index in [1.165, 1.54) is 16.2 Å². The molecule has 0 aromatic carbocycles. The maximum Gasteiger partial charge on any atom is 0.110 e. The van der Waals surface area contributed by atoms with Gasteiger partial charge in [0.15, 0.2) is 0 Å². The molecule has 11 heavy (non-hydrogen) atoms. The zero-order valence-electron chi connectivity index (χ0n) is 6.37. The van der Waals surface area contributed by atoms with Gasteiger partial charge in [-0.05, 0) is 25.5 Å². The normalized spacial score (nSPS) is 12.5. The first kappa shape index (κ1) is 8.25. The molecule has 0 saturated carbocycles. The van der Waals surface area contributed by atoms with Crippen LogP contribution in [-0.2, 0) is 6.42 Å². The molecule has 0 fully saturated rings. The summed E-state index contributed by atoms with van der Waals surface area (Å²) in [5.41, 5.74) is 5.60. The van der Waals surface area contributed by atoms with E-state index >= 15 is 0 Å². The van der Waals surface area contributed by atoms with Crippen molar-refractivity contribution in [1.29, 1.82) is 5.26 Å². The molecule has 0 amide bonds. The largest absolute Gasteiger partial charge is 0.328 e.